The lowest BCUT2D eigenvalue weighted by Gasteiger charge is -2.40. The number of esters is 1. The zero-order valence-corrected chi connectivity index (χ0v) is 11.3. The van der Waals surface area contributed by atoms with Crippen LogP contribution in [0.2, 0.25) is 0 Å². The highest BCUT2D eigenvalue weighted by molar-refractivity contribution is 5.76. The minimum atomic E-state index is -0.0751. The Morgan fingerprint density at radius 1 is 1.29 bits per heavy atom. The first-order valence-corrected chi connectivity index (χ1v) is 6.88. The summed E-state index contributed by atoms with van der Waals surface area (Å²) in [6.07, 6.45) is 7.37. The summed E-state index contributed by atoms with van der Waals surface area (Å²) in [6, 6.07) is 0.392. The maximum absolute atomic E-state index is 11.8. The molecule has 0 aromatic carbocycles. The molecule has 3 heteroatoms. The van der Waals surface area contributed by atoms with Gasteiger partial charge in [-0.15, -0.1) is 0 Å². The smallest absolute Gasteiger partial charge is 0.323 e. The topological polar surface area (TPSA) is 38.3 Å². The van der Waals surface area contributed by atoms with Gasteiger partial charge in [0, 0.05) is 6.04 Å². The van der Waals surface area contributed by atoms with Gasteiger partial charge in [0.1, 0.15) is 6.04 Å². The zero-order chi connectivity index (χ0) is 12.5. The fourth-order valence-electron chi connectivity index (χ4n) is 2.97. The van der Waals surface area contributed by atoms with Crippen molar-refractivity contribution < 1.29 is 9.53 Å². The molecule has 3 nitrogen and oxygen atoms in total. The van der Waals surface area contributed by atoms with Gasteiger partial charge >= 0.3 is 5.97 Å². The van der Waals surface area contributed by atoms with Crippen LogP contribution in [0, 0.1) is 11.3 Å². The van der Waals surface area contributed by atoms with Gasteiger partial charge in [-0.3, -0.25) is 4.79 Å². The van der Waals surface area contributed by atoms with E-state index in [1.54, 1.807) is 0 Å². The summed E-state index contributed by atoms with van der Waals surface area (Å²) in [6.45, 7) is 4.62. The average Bonchev–Trinajstić information content (AvgIpc) is 3.10. The summed E-state index contributed by atoms with van der Waals surface area (Å²) in [5, 5.41) is 3.58. The van der Waals surface area contributed by atoms with E-state index in [1.807, 2.05) is 0 Å². The van der Waals surface area contributed by atoms with Crippen molar-refractivity contribution in [1.29, 1.82) is 0 Å². The molecule has 0 spiro atoms. The van der Waals surface area contributed by atoms with Crippen molar-refractivity contribution in [2.24, 2.45) is 11.3 Å². The maximum Gasteiger partial charge on any atom is 0.323 e. The van der Waals surface area contributed by atoms with Crippen LogP contribution in [0.3, 0.4) is 0 Å². The van der Waals surface area contributed by atoms with E-state index in [0.29, 0.717) is 17.4 Å². The standard InChI is InChI=1S/C14H25NO2/c1-14(2)9-5-4-6-11(14)15-12(10-7-8-10)13(16)17-3/h10-12,15H,4-9H2,1-3H3. The lowest BCUT2D eigenvalue weighted by Crippen LogP contribution is -2.52. The molecule has 17 heavy (non-hydrogen) atoms. The summed E-state index contributed by atoms with van der Waals surface area (Å²) in [7, 11) is 1.49. The number of hydrogen-bond donors (Lipinski definition) is 1. The monoisotopic (exact) mass is 239 g/mol. The molecule has 2 aliphatic carbocycles. The Hall–Kier alpha value is -0.570. The van der Waals surface area contributed by atoms with Crippen molar-refractivity contribution in [3.8, 4) is 0 Å². The average molecular weight is 239 g/mol. The summed E-state index contributed by atoms with van der Waals surface area (Å²) >= 11 is 0. The third-order valence-electron chi connectivity index (χ3n) is 4.44. The molecule has 0 radical (unpaired) electrons. The lowest BCUT2D eigenvalue weighted by atomic mass is 9.73. The van der Waals surface area contributed by atoms with E-state index in [4.69, 9.17) is 4.74 Å². The molecule has 2 saturated carbocycles. The third kappa shape index (κ3) is 3.01. The SMILES string of the molecule is COC(=O)C(NC1CCCCC1(C)C)C1CC1. The summed E-state index contributed by atoms with van der Waals surface area (Å²) in [4.78, 5) is 11.8. The number of carbonyl (C=O) groups excluding carboxylic acids is 1. The third-order valence-corrected chi connectivity index (χ3v) is 4.44. The van der Waals surface area contributed by atoms with E-state index < -0.39 is 0 Å². The number of rotatable bonds is 4. The summed E-state index contributed by atoms with van der Waals surface area (Å²) < 4.78 is 4.92. The number of methoxy groups -OCH3 is 1. The highest BCUT2D eigenvalue weighted by Crippen LogP contribution is 2.38. The van der Waals surface area contributed by atoms with Crippen LogP contribution in [-0.4, -0.2) is 25.2 Å². The van der Waals surface area contributed by atoms with Crippen molar-refractivity contribution in [1.82, 2.24) is 5.32 Å². The Morgan fingerprint density at radius 3 is 2.53 bits per heavy atom. The number of hydrogen-bond acceptors (Lipinski definition) is 3. The lowest BCUT2D eigenvalue weighted by molar-refractivity contribution is -0.144. The van der Waals surface area contributed by atoms with Crippen LogP contribution >= 0.6 is 0 Å². The van der Waals surface area contributed by atoms with E-state index in [0.717, 1.165) is 0 Å². The number of ether oxygens (including phenoxy) is 1. The zero-order valence-electron chi connectivity index (χ0n) is 11.3. The molecule has 0 aromatic heterocycles. The van der Waals surface area contributed by atoms with Crippen LogP contribution in [0.1, 0.15) is 52.4 Å². The molecular weight excluding hydrogens is 214 g/mol. The Kier molecular flexibility index (Phi) is 3.76. The number of nitrogens with one attached hydrogen (secondary N) is 1. The van der Waals surface area contributed by atoms with E-state index in [9.17, 15) is 4.79 Å². The minimum Gasteiger partial charge on any atom is -0.468 e. The maximum atomic E-state index is 11.8. The highest BCUT2D eigenvalue weighted by Gasteiger charge is 2.41. The van der Waals surface area contributed by atoms with Crippen LogP contribution in [0.5, 0.6) is 0 Å². The molecule has 0 aliphatic heterocycles. The van der Waals surface area contributed by atoms with Crippen LogP contribution in [0.4, 0.5) is 0 Å². The van der Waals surface area contributed by atoms with Gasteiger partial charge in [-0.05, 0) is 37.0 Å². The van der Waals surface area contributed by atoms with Crippen LogP contribution in [0.25, 0.3) is 0 Å². The molecule has 98 valence electrons. The Labute approximate surface area is 104 Å². The van der Waals surface area contributed by atoms with Gasteiger partial charge in [0.25, 0.3) is 0 Å². The van der Waals surface area contributed by atoms with Crippen LogP contribution < -0.4 is 5.32 Å². The second-order valence-electron chi connectivity index (χ2n) is 6.29. The fraction of sp³-hybridized carbons (Fsp3) is 0.929. The molecule has 0 bridgehead atoms. The normalized spacial score (nSPS) is 29.7. The van der Waals surface area contributed by atoms with Crippen molar-refractivity contribution in [3.05, 3.63) is 0 Å². The molecule has 2 unspecified atom stereocenters. The van der Waals surface area contributed by atoms with Gasteiger partial charge in [0.2, 0.25) is 0 Å². The predicted octanol–water partition coefficient (Wildman–Crippen LogP) is 2.50. The first kappa shape index (κ1) is 12.9. The molecule has 1 N–H and O–H groups in total. The van der Waals surface area contributed by atoms with E-state index in [2.05, 4.69) is 19.2 Å². The van der Waals surface area contributed by atoms with Gasteiger partial charge in [-0.25, -0.2) is 0 Å². The first-order chi connectivity index (χ1) is 8.04. The minimum absolute atomic E-state index is 0.0672. The molecular formula is C14H25NO2. The van der Waals surface area contributed by atoms with Gasteiger partial charge in [0.05, 0.1) is 7.11 Å². The molecule has 2 fully saturated rings. The second kappa shape index (κ2) is 4.97. The van der Waals surface area contributed by atoms with Crippen LogP contribution in [0.15, 0.2) is 0 Å². The van der Waals surface area contributed by atoms with Gasteiger partial charge in [-0.1, -0.05) is 26.7 Å². The Bertz CT molecular complexity index is 284. The van der Waals surface area contributed by atoms with Crippen molar-refractivity contribution in [2.75, 3.05) is 7.11 Å². The summed E-state index contributed by atoms with van der Waals surface area (Å²) in [5.74, 6) is 0.439. The van der Waals surface area contributed by atoms with Crippen molar-refractivity contribution in [2.45, 2.75) is 64.5 Å². The van der Waals surface area contributed by atoms with E-state index >= 15 is 0 Å². The quantitative estimate of drug-likeness (QED) is 0.766. The van der Waals surface area contributed by atoms with Gasteiger partial charge < -0.3 is 10.1 Å². The molecule has 0 saturated heterocycles. The summed E-state index contributed by atoms with van der Waals surface area (Å²) in [5.41, 5.74) is 0.305. The largest absolute Gasteiger partial charge is 0.468 e. The molecule has 0 amide bonds. The number of carbonyl (C=O) groups is 1. The van der Waals surface area contributed by atoms with Crippen molar-refractivity contribution in [3.63, 3.8) is 0 Å². The van der Waals surface area contributed by atoms with Crippen LogP contribution in [-0.2, 0) is 9.53 Å². The highest BCUT2D eigenvalue weighted by atomic mass is 16.5. The fourth-order valence-corrected chi connectivity index (χ4v) is 2.97. The van der Waals surface area contributed by atoms with Gasteiger partial charge in [0.15, 0.2) is 0 Å². The molecule has 0 heterocycles. The molecule has 0 aromatic rings. The molecule has 2 atom stereocenters. The molecule has 2 rings (SSSR count). The first-order valence-electron chi connectivity index (χ1n) is 6.88. The van der Waals surface area contributed by atoms with E-state index in [-0.39, 0.29) is 12.0 Å². The van der Waals surface area contributed by atoms with E-state index in [1.165, 1.54) is 45.6 Å². The Morgan fingerprint density at radius 2 is 2.00 bits per heavy atom. The van der Waals surface area contributed by atoms with Gasteiger partial charge in [-0.2, -0.15) is 0 Å². The predicted molar refractivity (Wildman–Crippen MR) is 67.7 cm³/mol. The van der Waals surface area contributed by atoms with Crippen molar-refractivity contribution >= 4 is 5.97 Å². The second-order valence-corrected chi connectivity index (χ2v) is 6.29. The molecule has 2 aliphatic rings. The Balaban J connectivity index is 1.99.